The van der Waals surface area contributed by atoms with E-state index in [9.17, 15) is 10.1 Å². The highest BCUT2D eigenvalue weighted by molar-refractivity contribution is 5.95. The van der Waals surface area contributed by atoms with Crippen LogP contribution in [0.5, 0.6) is 0 Å². The Morgan fingerprint density at radius 3 is 2.49 bits per heavy atom. The van der Waals surface area contributed by atoms with Crippen molar-refractivity contribution >= 4 is 46.2 Å². The second-order valence-corrected chi connectivity index (χ2v) is 7.75. The number of anilines is 4. The SMILES string of the molecule is O=[N+]([O-])c1ccc(/C=N/Nc2nc(Nc3cccc4ccccc34)nc(N3CCOCC3)n2)cc1. The van der Waals surface area contributed by atoms with Crippen LogP contribution in [0.2, 0.25) is 0 Å². The van der Waals surface area contributed by atoms with Crippen molar-refractivity contribution in [3.63, 3.8) is 0 Å². The predicted octanol–water partition coefficient (Wildman–Crippen LogP) is 3.96. The lowest BCUT2D eigenvalue weighted by Crippen LogP contribution is -2.37. The first-order valence-electron chi connectivity index (χ1n) is 11.0. The minimum Gasteiger partial charge on any atom is -0.378 e. The van der Waals surface area contributed by atoms with Crippen molar-refractivity contribution in [3.8, 4) is 0 Å². The summed E-state index contributed by atoms with van der Waals surface area (Å²) in [4.78, 5) is 26.1. The normalized spacial score (nSPS) is 13.8. The third-order valence-corrected chi connectivity index (χ3v) is 5.44. The molecule has 0 amide bonds. The second-order valence-electron chi connectivity index (χ2n) is 7.75. The Morgan fingerprint density at radius 2 is 1.69 bits per heavy atom. The fourth-order valence-electron chi connectivity index (χ4n) is 3.68. The number of nitrogens with one attached hydrogen (secondary N) is 2. The Balaban J connectivity index is 1.41. The molecule has 2 N–H and O–H groups in total. The Hall–Kier alpha value is -4.64. The summed E-state index contributed by atoms with van der Waals surface area (Å²) < 4.78 is 5.45. The van der Waals surface area contributed by atoms with Gasteiger partial charge in [0.1, 0.15) is 0 Å². The molecule has 176 valence electrons. The third-order valence-electron chi connectivity index (χ3n) is 5.44. The van der Waals surface area contributed by atoms with Gasteiger partial charge in [-0.15, -0.1) is 0 Å². The van der Waals surface area contributed by atoms with E-state index in [0.29, 0.717) is 43.8 Å². The van der Waals surface area contributed by atoms with Gasteiger partial charge in [-0.25, -0.2) is 5.43 Å². The minimum atomic E-state index is -0.443. The summed E-state index contributed by atoms with van der Waals surface area (Å²) in [6, 6.07) is 20.1. The molecule has 1 aromatic heterocycles. The Kier molecular flexibility index (Phi) is 6.39. The van der Waals surface area contributed by atoms with E-state index in [0.717, 1.165) is 16.5 Å². The molecule has 0 bridgehead atoms. The number of hydrogen-bond donors (Lipinski definition) is 2. The van der Waals surface area contributed by atoms with E-state index in [-0.39, 0.29) is 11.6 Å². The number of nitro benzene ring substituents is 1. The molecule has 11 heteroatoms. The average molecular weight is 470 g/mol. The van der Waals surface area contributed by atoms with Gasteiger partial charge < -0.3 is 15.0 Å². The summed E-state index contributed by atoms with van der Waals surface area (Å²) in [7, 11) is 0. The lowest BCUT2D eigenvalue weighted by Gasteiger charge is -2.27. The molecule has 2 heterocycles. The van der Waals surface area contributed by atoms with E-state index in [2.05, 4.69) is 30.8 Å². The summed E-state index contributed by atoms with van der Waals surface area (Å²) in [5.41, 5.74) is 4.44. The fraction of sp³-hybridized carbons (Fsp3) is 0.167. The predicted molar refractivity (Wildman–Crippen MR) is 134 cm³/mol. The molecule has 1 saturated heterocycles. The highest BCUT2D eigenvalue weighted by atomic mass is 16.6. The maximum absolute atomic E-state index is 10.8. The maximum Gasteiger partial charge on any atom is 0.269 e. The molecule has 35 heavy (non-hydrogen) atoms. The smallest absolute Gasteiger partial charge is 0.269 e. The summed E-state index contributed by atoms with van der Waals surface area (Å²) >= 11 is 0. The largest absolute Gasteiger partial charge is 0.378 e. The lowest BCUT2D eigenvalue weighted by atomic mass is 10.1. The fourth-order valence-corrected chi connectivity index (χ4v) is 3.68. The highest BCUT2D eigenvalue weighted by Gasteiger charge is 2.17. The van der Waals surface area contributed by atoms with Crippen LogP contribution in [0, 0.1) is 10.1 Å². The number of non-ortho nitro benzene ring substituents is 1. The summed E-state index contributed by atoms with van der Waals surface area (Å²) in [5, 5.41) is 20.5. The van der Waals surface area contributed by atoms with Gasteiger partial charge in [0.25, 0.3) is 5.69 Å². The number of ether oxygens (including phenoxy) is 1. The maximum atomic E-state index is 10.8. The average Bonchev–Trinajstić information content (AvgIpc) is 2.90. The van der Waals surface area contributed by atoms with Crippen LogP contribution in [0.1, 0.15) is 5.56 Å². The molecule has 0 unspecified atom stereocenters. The molecule has 5 rings (SSSR count). The van der Waals surface area contributed by atoms with Crippen molar-refractivity contribution in [1.29, 1.82) is 0 Å². The molecule has 11 nitrogen and oxygen atoms in total. The summed E-state index contributed by atoms with van der Waals surface area (Å²) in [5.74, 6) is 1.16. The molecule has 1 aliphatic rings. The van der Waals surface area contributed by atoms with Gasteiger partial charge in [-0.05, 0) is 29.1 Å². The van der Waals surface area contributed by atoms with E-state index >= 15 is 0 Å². The van der Waals surface area contributed by atoms with Crippen LogP contribution in [0.4, 0.5) is 29.2 Å². The van der Waals surface area contributed by atoms with Gasteiger partial charge in [0, 0.05) is 36.3 Å². The van der Waals surface area contributed by atoms with Crippen molar-refractivity contribution in [2.75, 3.05) is 41.9 Å². The zero-order valence-electron chi connectivity index (χ0n) is 18.7. The number of nitro groups is 1. The van der Waals surface area contributed by atoms with Crippen molar-refractivity contribution in [2.45, 2.75) is 0 Å². The first-order chi connectivity index (χ1) is 17.2. The number of fused-ring (bicyclic) bond motifs is 1. The van der Waals surface area contributed by atoms with Gasteiger partial charge in [0.05, 0.1) is 24.4 Å². The van der Waals surface area contributed by atoms with Crippen LogP contribution in [0.3, 0.4) is 0 Å². The number of rotatable bonds is 7. The molecule has 0 radical (unpaired) electrons. The molecule has 1 aliphatic heterocycles. The van der Waals surface area contributed by atoms with E-state index in [1.165, 1.54) is 12.1 Å². The van der Waals surface area contributed by atoms with Gasteiger partial charge in [0.2, 0.25) is 17.8 Å². The highest BCUT2D eigenvalue weighted by Crippen LogP contribution is 2.26. The van der Waals surface area contributed by atoms with E-state index in [4.69, 9.17) is 4.74 Å². The number of morpholine rings is 1. The first kappa shape index (κ1) is 22.2. The monoisotopic (exact) mass is 470 g/mol. The molecule has 3 aromatic carbocycles. The Bertz CT molecular complexity index is 1370. The van der Waals surface area contributed by atoms with Crippen molar-refractivity contribution in [3.05, 3.63) is 82.4 Å². The summed E-state index contributed by atoms with van der Waals surface area (Å²) in [6.45, 7) is 2.53. The van der Waals surface area contributed by atoms with E-state index in [1.807, 2.05) is 47.4 Å². The lowest BCUT2D eigenvalue weighted by molar-refractivity contribution is -0.384. The third kappa shape index (κ3) is 5.31. The Morgan fingerprint density at radius 1 is 0.943 bits per heavy atom. The van der Waals surface area contributed by atoms with Crippen molar-refractivity contribution < 1.29 is 9.66 Å². The molecule has 4 aromatic rings. The molecular weight excluding hydrogens is 448 g/mol. The minimum absolute atomic E-state index is 0.0203. The molecule has 0 atom stereocenters. The number of nitrogens with zero attached hydrogens (tertiary/aromatic N) is 6. The van der Waals surface area contributed by atoms with Crippen molar-refractivity contribution in [2.24, 2.45) is 5.10 Å². The van der Waals surface area contributed by atoms with Gasteiger partial charge in [-0.3, -0.25) is 10.1 Å². The van der Waals surface area contributed by atoms with Gasteiger partial charge in [0.15, 0.2) is 0 Å². The number of benzene rings is 3. The van der Waals surface area contributed by atoms with Gasteiger partial charge in [-0.1, -0.05) is 36.4 Å². The molecule has 0 aliphatic carbocycles. The first-order valence-corrected chi connectivity index (χ1v) is 11.0. The standard InChI is InChI=1S/C24H22N8O3/c33-32(34)19-10-8-17(9-11-19)16-25-30-23-27-22(28-24(29-23)31-12-14-35-15-13-31)26-21-7-3-5-18-4-1-2-6-20(18)21/h1-11,16H,12-15H2,(H2,26,27,28,29,30)/b25-16+. The van der Waals surface area contributed by atoms with Crippen LogP contribution in [-0.4, -0.2) is 52.4 Å². The van der Waals surface area contributed by atoms with E-state index < -0.39 is 4.92 Å². The van der Waals surface area contributed by atoms with Gasteiger partial charge in [-0.2, -0.15) is 20.1 Å². The van der Waals surface area contributed by atoms with Crippen LogP contribution in [0.15, 0.2) is 71.8 Å². The second kappa shape index (κ2) is 10.1. The van der Waals surface area contributed by atoms with Crippen LogP contribution in [0.25, 0.3) is 10.8 Å². The van der Waals surface area contributed by atoms with Crippen LogP contribution >= 0.6 is 0 Å². The zero-order chi connectivity index (χ0) is 24.0. The van der Waals surface area contributed by atoms with E-state index in [1.54, 1.807) is 18.3 Å². The topological polar surface area (TPSA) is 131 Å². The quantitative estimate of drug-likeness (QED) is 0.234. The molecular formula is C24H22N8O3. The molecule has 0 spiro atoms. The number of aromatic nitrogens is 3. The molecule has 0 saturated carbocycles. The summed E-state index contributed by atoms with van der Waals surface area (Å²) in [6.07, 6.45) is 1.54. The Labute approximate surface area is 200 Å². The van der Waals surface area contributed by atoms with Gasteiger partial charge >= 0.3 is 0 Å². The number of hydrazone groups is 1. The van der Waals surface area contributed by atoms with Crippen molar-refractivity contribution in [1.82, 2.24) is 15.0 Å². The van der Waals surface area contributed by atoms with Crippen LogP contribution in [-0.2, 0) is 4.74 Å². The number of hydrogen-bond acceptors (Lipinski definition) is 10. The zero-order valence-corrected chi connectivity index (χ0v) is 18.7. The molecule has 1 fully saturated rings. The van der Waals surface area contributed by atoms with Crippen LogP contribution < -0.4 is 15.6 Å².